The van der Waals surface area contributed by atoms with E-state index in [2.05, 4.69) is 21.2 Å². The lowest BCUT2D eigenvalue weighted by Crippen LogP contribution is -2.52. The number of ether oxygens (including phenoxy) is 1. The quantitative estimate of drug-likeness (QED) is 0.785. The van der Waals surface area contributed by atoms with Crippen molar-refractivity contribution in [1.82, 2.24) is 5.32 Å². The van der Waals surface area contributed by atoms with Crippen molar-refractivity contribution in [3.63, 3.8) is 0 Å². The van der Waals surface area contributed by atoms with Gasteiger partial charge in [0, 0.05) is 17.6 Å². The molecule has 1 N–H and O–H groups in total. The fraction of sp³-hybridized carbons (Fsp3) is 0.647. The van der Waals surface area contributed by atoms with Crippen LogP contribution in [0.15, 0.2) is 22.7 Å². The van der Waals surface area contributed by atoms with Gasteiger partial charge in [-0.05, 0) is 50.1 Å². The minimum Gasteiger partial charge on any atom is -0.377 e. The average molecular weight is 358 g/mol. The number of halogens is 2. The summed E-state index contributed by atoms with van der Waals surface area (Å²) in [4.78, 5) is 0. The topological polar surface area (TPSA) is 21.3 Å². The maximum Gasteiger partial charge on any atom is 0.124 e. The van der Waals surface area contributed by atoms with Crippen LogP contribution in [0.1, 0.15) is 44.1 Å². The highest BCUT2D eigenvalue weighted by atomic mass is 79.9. The Hall–Kier alpha value is -0.450. The van der Waals surface area contributed by atoms with Gasteiger partial charge >= 0.3 is 0 Å². The number of nitrogens with one attached hydrogen (secondary N) is 1. The van der Waals surface area contributed by atoms with Gasteiger partial charge in [0.15, 0.2) is 0 Å². The monoisotopic (exact) mass is 357 g/mol. The van der Waals surface area contributed by atoms with Crippen LogP contribution in [0.4, 0.5) is 4.39 Å². The number of likely N-dealkylation sites (N-methyl/N-ethyl adjacent to an activating group) is 1. The highest BCUT2D eigenvalue weighted by molar-refractivity contribution is 9.10. The first-order valence-corrected chi connectivity index (χ1v) is 8.56. The van der Waals surface area contributed by atoms with Crippen LogP contribution in [-0.2, 0) is 11.2 Å². The molecule has 0 saturated heterocycles. The van der Waals surface area contributed by atoms with Gasteiger partial charge in [0.2, 0.25) is 0 Å². The fourth-order valence-corrected chi connectivity index (χ4v) is 4.05. The lowest BCUT2D eigenvalue weighted by atomic mass is 9.83. The van der Waals surface area contributed by atoms with Crippen LogP contribution < -0.4 is 5.32 Å². The second-order valence-corrected chi connectivity index (χ2v) is 6.92. The molecule has 2 nitrogen and oxygen atoms in total. The molecule has 0 amide bonds. The van der Waals surface area contributed by atoms with Crippen LogP contribution >= 0.6 is 15.9 Å². The third-order valence-electron chi connectivity index (χ3n) is 4.70. The van der Waals surface area contributed by atoms with Gasteiger partial charge in [-0.1, -0.05) is 41.6 Å². The Balaban J connectivity index is 2.20. The third kappa shape index (κ3) is 4.27. The number of hydrogen-bond acceptors (Lipinski definition) is 2. The van der Waals surface area contributed by atoms with Crippen molar-refractivity contribution >= 4 is 15.9 Å². The van der Waals surface area contributed by atoms with E-state index in [4.69, 9.17) is 4.74 Å². The number of hydrogen-bond donors (Lipinski definition) is 1. The first-order valence-electron chi connectivity index (χ1n) is 7.77. The van der Waals surface area contributed by atoms with Crippen molar-refractivity contribution in [2.45, 2.75) is 56.6 Å². The van der Waals surface area contributed by atoms with Crippen molar-refractivity contribution in [2.75, 3.05) is 14.2 Å². The molecule has 0 heterocycles. The molecule has 1 aliphatic carbocycles. The van der Waals surface area contributed by atoms with Crippen LogP contribution in [0.5, 0.6) is 0 Å². The highest BCUT2D eigenvalue weighted by Gasteiger charge is 2.38. The predicted octanol–water partition coefficient (Wildman–Crippen LogP) is 4.46. The van der Waals surface area contributed by atoms with Crippen LogP contribution in [0.25, 0.3) is 0 Å². The van der Waals surface area contributed by atoms with Gasteiger partial charge in [-0.25, -0.2) is 4.39 Å². The van der Waals surface area contributed by atoms with Crippen molar-refractivity contribution < 1.29 is 9.13 Å². The number of benzene rings is 1. The molecule has 0 radical (unpaired) electrons. The smallest absolute Gasteiger partial charge is 0.124 e. The molecule has 0 spiro atoms. The standard InChI is InChI=1S/C17H25BrFNO/c1-20-16(11-13-9-14(18)12-15(19)10-13)17(21-2)7-5-3-4-6-8-17/h9-10,12,16,20H,3-8,11H2,1-2H3. The zero-order valence-electron chi connectivity index (χ0n) is 12.9. The Labute approximate surface area is 135 Å². The zero-order chi connectivity index (χ0) is 15.3. The molecule has 21 heavy (non-hydrogen) atoms. The molecule has 118 valence electrons. The van der Waals surface area contributed by atoms with Crippen molar-refractivity contribution in [2.24, 2.45) is 0 Å². The van der Waals surface area contributed by atoms with Crippen molar-refractivity contribution in [3.05, 3.63) is 34.1 Å². The Bertz CT molecular complexity index is 438. The van der Waals surface area contributed by atoms with Crippen LogP contribution in [-0.4, -0.2) is 25.8 Å². The molecule has 1 atom stereocenters. The van der Waals surface area contributed by atoms with Crippen LogP contribution in [0.2, 0.25) is 0 Å². The van der Waals surface area contributed by atoms with E-state index in [0.717, 1.165) is 29.3 Å². The maximum absolute atomic E-state index is 13.6. The first-order chi connectivity index (χ1) is 10.1. The lowest BCUT2D eigenvalue weighted by molar-refractivity contribution is -0.0509. The predicted molar refractivity (Wildman–Crippen MR) is 88.1 cm³/mol. The normalized spacial score (nSPS) is 20.0. The summed E-state index contributed by atoms with van der Waals surface area (Å²) in [7, 11) is 3.79. The van der Waals surface area contributed by atoms with E-state index in [9.17, 15) is 4.39 Å². The summed E-state index contributed by atoms with van der Waals surface area (Å²) in [5.41, 5.74) is 0.867. The number of rotatable bonds is 5. The highest BCUT2D eigenvalue weighted by Crippen LogP contribution is 2.34. The largest absolute Gasteiger partial charge is 0.377 e. The molecule has 1 fully saturated rings. The minimum atomic E-state index is -0.193. The van der Waals surface area contributed by atoms with Gasteiger partial charge in [0.1, 0.15) is 5.82 Å². The second kappa shape index (κ2) is 7.70. The summed E-state index contributed by atoms with van der Waals surface area (Å²) in [6.07, 6.45) is 7.91. The Kier molecular flexibility index (Phi) is 6.20. The molecule has 0 aliphatic heterocycles. The van der Waals surface area contributed by atoms with Crippen LogP contribution in [0, 0.1) is 5.82 Å². The lowest BCUT2D eigenvalue weighted by Gasteiger charge is -2.39. The molecule has 1 aromatic rings. The molecular formula is C17H25BrFNO. The van der Waals surface area contributed by atoms with Crippen molar-refractivity contribution in [1.29, 1.82) is 0 Å². The van der Waals surface area contributed by atoms with Gasteiger partial charge < -0.3 is 10.1 Å². The molecule has 4 heteroatoms. The SMILES string of the molecule is CNC(Cc1cc(F)cc(Br)c1)C1(OC)CCCCCC1. The second-order valence-electron chi connectivity index (χ2n) is 6.01. The van der Waals surface area contributed by atoms with Gasteiger partial charge in [0.25, 0.3) is 0 Å². The van der Waals surface area contributed by atoms with Gasteiger partial charge in [-0.15, -0.1) is 0 Å². The minimum absolute atomic E-state index is 0.135. The summed E-state index contributed by atoms with van der Waals surface area (Å²) >= 11 is 3.37. The molecular weight excluding hydrogens is 333 g/mol. The van der Waals surface area contributed by atoms with E-state index in [1.807, 2.05) is 20.2 Å². The van der Waals surface area contributed by atoms with E-state index in [1.54, 1.807) is 6.07 Å². The summed E-state index contributed by atoms with van der Waals surface area (Å²) in [6.45, 7) is 0. The Morgan fingerprint density at radius 3 is 2.43 bits per heavy atom. The third-order valence-corrected chi connectivity index (χ3v) is 5.16. The maximum atomic E-state index is 13.6. The Morgan fingerprint density at radius 2 is 1.90 bits per heavy atom. The van der Waals surface area contributed by atoms with E-state index in [-0.39, 0.29) is 17.5 Å². The summed E-state index contributed by atoms with van der Waals surface area (Å²) in [6, 6.07) is 5.31. The van der Waals surface area contributed by atoms with E-state index in [1.165, 1.54) is 31.7 Å². The molecule has 2 rings (SSSR count). The first kappa shape index (κ1) is 16.9. The van der Waals surface area contributed by atoms with Gasteiger partial charge in [0.05, 0.1) is 5.60 Å². The average Bonchev–Trinajstić information content (AvgIpc) is 2.70. The summed E-state index contributed by atoms with van der Waals surface area (Å²) in [5.74, 6) is -0.193. The molecule has 0 bridgehead atoms. The molecule has 1 saturated carbocycles. The molecule has 1 aliphatic rings. The van der Waals surface area contributed by atoms with E-state index < -0.39 is 0 Å². The summed E-state index contributed by atoms with van der Waals surface area (Å²) < 4.78 is 20.4. The molecule has 1 unspecified atom stereocenters. The van der Waals surface area contributed by atoms with E-state index >= 15 is 0 Å². The zero-order valence-corrected chi connectivity index (χ0v) is 14.5. The number of methoxy groups -OCH3 is 1. The Morgan fingerprint density at radius 1 is 1.24 bits per heavy atom. The van der Waals surface area contributed by atoms with Crippen LogP contribution in [0.3, 0.4) is 0 Å². The summed E-state index contributed by atoms with van der Waals surface area (Å²) in [5, 5.41) is 3.42. The van der Waals surface area contributed by atoms with Gasteiger partial charge in [-0.2, -0.15) is 0 Å². The fourth-order valence-electron chi connectivity index (χ4n) is 3.54. The van der Waals surface area contributed by atoms with Crippen molar-refractivity contribution in [3.8, 4) is 0 Å². The molecule has 1 aromatic carbocycles. The van der Waals surface area contributed by atoms with E-state index in [0.29, 0.717) is 0 Å². The molecule has 0 aromatic heterocycles. The van der Waals surface area contributed by atoms with Gasteiger partial charge in [-0.3, -0.25) is 0 Å².